The highest BCUT2D eigenvalue weighted by molar-refractivity contribution is 14.0. The van der Waals surface area contributed by atoms with Crippen LogP contribution in [-0.4, -0.2) is 62.3 Å². The Balaban J connectivity index is 0.00000363. The minimum absolute atomic E-state index is 0. The summed E-state index contributed by atoms with van der Waals surface area (Å²) in [6, 6.07) is 8.57. The summed E-state index contributed by atoms with van der Waals surface area (Å²) < 4.78 is 10.9. The average Bonchev–Trinajstić information content (AvgIpc) is 3.28. The molecule has 1 aliphatic heterocycles. The first-order valence-corrected chi connectivity index (χ1v) is 11.9. The predicted molar refractivity (Wildman–Crippen MR) is 143 cm³/mol. The Bertz CT molecular complexity index is 822. The summed E-state index contributed by atoms with van der Waals surface area (Å²) in [6.45, 7) is 11.9. The number of thiazole rings is 1. The van der Waals surface area contributed by atoms with Gasteiger partial charge in [-0.05, 0) is 24.6 Å². The Morgan fingerprint density at radius 3 is 2.53 bits per heavy atom. The van der Waals surface area contributed by atoms with Gasteiger partial charge in [0, 0.05) is 37.5 Å². The number of hydrogen-bond donors (Lipinski definition) is 2. The quantitative estimate of drug-likeness (QED) is 0.269. The van der Waals surface area contributed by atoms with Crippen LogP contribution in [0.1, 0.15) is 49.0 Å². The lowest BCUT2D eigenvalue weighted by Gasteiger charge is -2.35. The molecule has 1 atom stereocenters. The number of morpholine rings is 1. The number of aliphatic imine (C=N–C) groups is 1. The van der Waals surface area contributed by atoms with Crippen LogP contribution in [0, 0.1) is 0 Å². The Morgan fingerprint density at radius 2 is 1.94 bits per heavy atom. The van der Waals surface area contributed by atoms with Crippen LogP contribution in [0.15, 0.2) is 34.6 Å². The molecule has 1 aromatic heterocycles. The lowest BCUT2D eigenvalue weighted by Crippen LogP contribution is -2.46. The normalized spacial score (nSPS) is 15.8. The molecular formula is C23H36IN5O2S. The summed E-state index contributed by atoms with van der Waals surface area (Å²) in [5.74, 6) is 2.14. The van der Waals surface area contributed by atoms with Crippen LogP contribution in [0.5, 0.6) is 5.75 Å². The van der Waals surface area contributed by atoms with Gasteiger partial charge in [0.25, 0.3) is 0 Å². The number of nitrogens with zero attached hydrogens (tertiary/aromatic N) is 3. The van der Waals surface area contributed by atoms with Gasteiger partial charge in [-0.3, -0.25) is 4.90 Å². The number of rotatable bonds is 9. The first kappa shape index (κ1) is 26.8. The number of benzene rings is 1. The van der Waals surface area contributed by atoms with Crippen molar-refractivity contribution in [2.75, 3.05) is 46.5 Å². The minimum atomic E-state index is 0. The summed E-state index contributed by atoms with van der Waals surface area (Å²) >= 11 is 1.71. The zero-order valence-electron chi connectivity index (χ0n) is 19.5. The van der Waals surface area contributed by atoms with Gasteiger partial charge in [0.05, 0.1) is 43.6 Å². The van der Waals surface area contributed by atoms with Crippen LogP contribution in [0.3, 0.4) is 0 Å². The molecule has 2 N–H and O–H groups in total. The zero-order chi connectivity index (χ0) is 22.1. The first-order valence-electron chi connectivity index (χ1n) is 11.0. The van der Waals surface area contributed by atoms with Crippen molar-refractivity contribution in [3.05, 3.63) is 45.9 Å². The molecule has 178 valence electrons. The molecule has 0 bridgehead atoms. The van der Waals surface area contributed by atoms with Crippen LogP contribution < -0.4 is 15.4 Å². The monoisotopic (exact) mass is 573 g/mol. The molecule has 32 heavy (non-hydrogen) atoms. The van der Waals surface area contributed by atoms with E-state index in [0.717, 1.165) is 61.8 Å². The van der Waals surface area contributed by atoms with E-state index in [1.165, 1.54) is 5.56 Å². The van der Waals surface area contributed by atoms with Crippen molar-refractivity contribution in [1.82, 2.24) is 20.5 Å². The molecule has 1 aliphatic rings. The van der Waals surface area contributed by atoms with E-state index >= 15 is 0 Å². The molecule has 2 aromatic rings. The van der Waals surface area contributed by atoms with Crippen molar-refractivity contribution in [3.63, 3.8) is 0 Å². The number of guanidine groups is 1. The third-order valence-corrected chi connectivity index (χ3v) is 6.45. The number of halogens is 1. The van der Waals surface area contributed by atoms with Crippen LogP contribution in [0.4, 0.5) is 0 Å². The van der Waals surface area contributed by atoms with Crippen molar-refractivity contribution in [3.8, 4) is 5.75 Å². The second-order valence-corrected chi connectivity index (χ2v) is 8.73. The summed E-state index contributed by atoms with van der Waals surface area (Å²) in [5.41, 5.74) is 2.28. The molecule has 0 spiro atoms. The Morgan fingerprint density at radius 1 is 1.22 bits per heavy atom. The van der Waals surface area contributed by atoms with Gasteiger partial charge < -0.3 is 20.1 Å². The first-order chi connectivity index (χ1) is 15.1. The fraction of sp³-hybridized carbons (Fsp3) is 0.565. The summed E-state index contributed by atoms with van der Waals surface area (Å²) in [5, 5.41) is 10.2. The van der Waals surface area contributed by atoms with E-state index in [1.54, 1.807) is 18.4 Å². The van der Waals surface area contributed by atoms with Gasteiger partial charge in [0.1, 0.15) is 5.75 Å². The minimum Gasteiger partial charge on any atom is -0.497 e. The fourth-order valence-corrected chi connectivity index (χ4v) is 4.35. The van der Waals surface area contributed by atoms with E-state index in [4.69, 9.17) is 19.5 Å². The molecule has 1 fully saturated rings. The number of nitrogens with one attached hydrogen (secondary N) is 2. The number of aromatic nitrogens is 1. The van der Waals surface area contributed by atoms with Crippen molar-refractivity contribution in [2.45, 2.75) is 39.3 Å². The molecule has 1 saturated heterocycles. The van der Waals surface area contributed by atoms with Crippen LogP contribution in [0.2, 0.25) is 0 Å². The molecule has 7 nitrogen and oxygen atoms in total. The lowest BCUT2D eigenvalue weighted by molar-refractivity contribution is 0.0170. The Labute approximate surface area is 213 Å². The van der Waals surface area contributed by atoms with Crippen molar-refractivity contribution in [2.24, 2.45) is 4.99 Å². The molecule has 0 amide bonds. The SMILES string of the molecule is CCNC(=NCc1csc(C(C)C)n1)NCC(c1ccc(OC)cc1)N1CCOCC1.I. The van der Waals surface area contributed by atoms with E-state index in [-0.39, 0.29) is 30.0 Å². The molecule has 1 unspecified atom stereocenters. The van der Waals surface area contributed by atoms with Gasteiger partial charge in [-0.25, -0.2) is 9.98 Å². The topological polar surface area (TPSA) is 71.0 Å². The van der Waals surface area contributed by atoms with Crippen molar-refractivity contribution >= 4 is 41.3 Å². The Hall–Kier alpha value is -1.43. The van der Waals surface area contributed by atoms with E-state index in [2.05, 4.69) is 53.8 Å². The maximum absolute atomic E-state index is 5.57. The fourth-order valence-electron chi connectivity index (χ4n) is 3.53. The third kappa shape index (κ3) is 7.86. The van der Waals surface area contributed by atoms with E-state index in [9.17, 15) is 0 Å². The highest BCUT2D eigenvalue weighted by Gasteiger charge is 2.23. The van der Waals surface area contributed by atoms with Gasteiger partial charge in [0.2, 0.25) is 0 Å². The van der Waals surface area contributed by atoms with E-state index in [1.807, 2.05) is 12.1 Å². The van der Waals surface area contributed by atoms with E-state index in [0.29, 0.717) is 12.5 Å². The third-order valence-electron chi connectivity index (χ3n) is 5.26. The van der Waals surface area contributed by atoms with Crippen LogP contribution >= 0.6 is 35.3 Å². The van der Waals surface area contributed by atoms with Gasteiger partial charge >= 0.3 is 0 Å². The Kier molecular flexibility index (Phi) is 11.7. The number of hydrogen-bond acceptors (Lipinski definition) is 6. The van der Waals surface area contributed by atoms with Gasteiger partial charge in [0.15, 0.2) is 5.96 Å². The molecule has 9 heteroatoms. The van der Waals surface area contributed by atoms with Crippen LogP contribution in [-0.2, 0) is 11.3 Å². The highest BCUT2D eigenvalue weighted by atomic mass is 127. The molecular weight excluding hydrogens is 537 g/mol. The summed E-state index contributed by atoms with van der Waals surface area (Å²) in [4.78, 5) is 11.9. The van der Waals surface area contributed by atoms with Crippen LogP contribution in [0.25, 0.3) is 0 Å². The second-order valence-electron chi connectivity index (χ2n) is 7.85. The molecule has 3 rings (SSSR count). The second kappa shape index (κ2) is 14.0. The largest absolute Gasteiger partial charge is 0.497 e. The average molecular weight is 574 g/mol. The molecule has 0 saturated carbocycles. The van der Waals surface area contributed by atoms with E-state index < -0.39 is 0 Å². The predicted octanol–water partition coefficient (Wildman–Crippen LogP) is 4.02. The molecule has 0 radical (unpaired) electrons. The summed E-state index contributed by atoms with van der Waals surface area (Å²) in [7, 11) is 1.70. The standard InChI is InChI=1S/C23H35N5O2S.HI/c1-5-24-23(25-14-19-16-31-22(27-19)17(2)3)26-15-21(28-10-12-30-13-11-28)18-6-8-20(29-4)9-7-18;/h6-9,16-17,21H,5,10-15H2,1-4H3,(H2,24,25,26);1H. The van der Waals surface area contributed by atoms with Gasteiger partial charge in [-0.1, -0.05) is 26.0 Å². The smallest absolute Gasteiger partial charge is 0.191 e. The maximum atomic E-state index is 5.57. The van der Waals surface area contributed by atoms with Gasteiger partial charge in [-0.15, -0.1) is 35.3 Å². The van der Waals surface area contributed by atoms with Crippen molar-refractivity contribution in [1.29, 1.82) is 0 Å². The van der Waals surface area contributed by atoms with Crippen molar-refractivity contribution < 1.29 is 9.47 Å². The zero-order valence-corrected chi connectivity index (χ0v) is 22.6. The molecule has 0 aliphatic carbocycles. The lowest BCUT2D eigenvalue weighted by atomic mass is 10.0. The number of methoxy groups -OCH3 is 1. The summed E-state index contributed by atoms with van der Waals surface area (Å²) in [6.07, 6.45) is 0. The highest BCUT2D eigenvalue weighted by Crippen LogP contribution is 2.24. The maximum Gasteiger partial charge on any atom is 0.191 e. The molecule has 2 heterocycles. The van der Waals surface area contributed by atoms with Gasteiger partial charge in [-0.2, -0.15) is 0 Å². The molecule has 1 aromatic carbocycles. The number of ether oxygens (including phenoxy) is 2.